The molecule has 0 aliphatic heterocycles. The number of nitrogens with one attached hydrogen (secondary N) is 1. The molecule has 0 radical (unpaired) electrons. The van der Waals surface area contributed by atoms with Gasteiger partial charge < -0.3 is 14.8 Å². The average Bonchev–Trinajstić information content (AvgIpc) is 3.18. The van der Waals surface area contributed by atoms with E-state index >= 15 is 0 Å². The predicted octanol–water partition coefficient (Wildman–Crippen LogP) is 7.27. The summed E-state index contributed by atoms with van der Waals surface area (Å²) in [6, 6.07) is 15.3. The van der Waals surface area contributed by atoms with Gasteiger partial charge in [-0.15, -0.1) is 11.3 Å². The molecule has 0 aliphatic carbocycles. The maximum atomic E-state index is 13.8. The van der Waals surface area contributed by atoms with Crippen LogP contribution in [-0.4, -0.2) is 35.0 Å². The zero-order valence-electron chi connectivity index (χ0n) is 23.2. The maximum Gasteiger partial charge on any atom is 0.348 e. The quantitative estimate of drug-likeness (QED) is 0.246. The van der Waals surface area contributed by atoms with E-state index in [1.165, 1.54) is 0 Å². The van der Waals surface area contributed by atoms with Gasteiger partial charge in [-0.2, -0.15) is 0 Å². The van der Waals surface area contributed by atoms with Crippen molar-refractivity contribution in [2.75, 3.05) is 5.32 Å². The number of carbonyl (C=O) groups is 3. The number of hydrogen-bond acceptors (Lipinski definition) is 7. The number of esters is 2. The van der Waals surface area contributed by atoms with Gasteiger partial charge in [0.05, 0.1) is 34.5 Å². The van der Waals surface area contributed by atoms with Crippen LogP contribution in [0.3, 0.4) is 0 Å². The van der Waals surface area contributed by atoms with E-state index in [-0.39, 0.29) is 27.6 Å². The zero-order chi connectivity index (χ0) is 28.4. The van der Waals surface area contributed by atoms with Crippen molar-refractivity contribution in [3.63, 3.8) is 0 Å². The summed E-state index contributed by atoms with van der Waals surface area (Å²) in [4.78, 5) is 44.7. The Morgan fingerprint density at radius 2 is 1.54 bits per heavy atom. The average molecular weight is 545 g/mol. The molecule has 39 heavy (non-hydrogen) atoms. The Balaban J connectivity index is 1.81. The molecule has 0 saturated heterocycles. The first-order chi connectivity index (χ1) is 18.5. The van der Waals surface area contributed by atoms with E-state index in [1.54, 1.807) is 40.7 Å². The Labute approximate surface area is 232 Å². The second-order valence-electron chi connectivity index (χ2n) is 10.0. The van der Waals surface area contributed by atoms with E-state index in [0.29, 0.717) is 27.7 Å². The van der Waals surface area contributed by atoms with Gasteiger partial charge in [0.2, 0.25) is 0 Å². The van der Waals surface area contributed by atoms with Gasteiger partial charge in [0, 0.05) is 10.9 Å². The molecule has 202 valence electrons. The van der Waals surface area contributed by atoms with Gasteiger partial charge in [0.25, 0.3) is 5.91 Å². The third-order valence-electron chi connectivity index (χ3n) is 6.07. The van der Waals surface area contributed by atoms with Crippen molar-refractivity contribution in [3.05, 3.63) is 81.2 Å². The number of anilines is 1. The highest BCUT2D eigenvalue weighted by molar-refractivity contribution is 7.18. The lowest BCUT2D eigenvalue weighted by Crippen LogP contribution is -2.17. The highest BCUT2D eigenvalue weighted by atomic mass is 32.1. The van der Waals surface area contributed by atoms with Crippen LogP contribution in [0.15, 0.2) is 48.5 Å². The number of aromatic nitrogens is 1. The first-order valence-electron chi connectivity index (χ1n) is 12.8. The SMILES string of the molecule is Cc1ccc(-c2cc(C(=O)Nc3sc(C(=O)OC(C)C)c(C)c3C(=O)OC(C)C)c3ccccc3n2)c(C)c1. The van der Waals surface area contributed by atoms with Crippen molar-refractivity contribution < 1.29 is 23.9 Å². The molecule has 7 nitrogen and oxygen atoms in total. The van der Waals surface area contributed by atoms with E-state index in [0.717, 1.165) is 28.0 Å². The molecule has 2 heterocycles. The van der Waals surface area contributed by atoms with Gasteiger partial charge in [0.1, 0.15) is 9.88 Å². The number of thiophene rings is 1. The Hall–Kier alpha value is -4.04. The topological polar surface area (TPSA) is 94.6 Å². The Kier molecular flexibility index (Phi) is 8.16. The van der Waals surface area contributed by atoms with Gasteiger partial charge >= 0.3 is 11.9 Å². The first-order valence-corrected chi connectivity index (χ1v) is 13.6. The fourth-order valence-corrected chi connectivity index (χ4v) is 5.43. The van der Waals surface area contributed by atoms with Crippen LogP contribution in [0.4, 0.5) is 5.00 Å². The normalized spacial score (nSPS) is 11.2. The standard InChI is InChI=1S/C31H32N2O5S/c1-16(2)37-30(35)26-20(7)27(31(36)38-17(3)4)39-29(26)33-28(34)23-15-25(21-13-12-18(5)14-19(21)6)32-24-11-9-8-10-22(23)24/h8-17H,1-7H3,(H,33,34). The lowest BCUT2D eigenvalue weighted by Gasteiger charge is -2.13. The summed E-state index contributed by atoms with van der Waals surface area (Å²) in [6.45, 7) is 12.7. The zero-order valence-corrected chi connectivity index (χ0v) is 24.0. The minimum atomic E-state index is -0.617. The number of fused-ring (bicyclic) bond motifs is 1. The minimum absolute atomic E-state index is 0.144. The van der Waals surface area contributed by atoms with Crippen LogP contribution in [-0.2, 0) is 9.47 Å². The first kappa shape index (κ1) is 28.0. The lowest BCUT2D eigenvalue weighted by molar-refractivity contribution is 0.0378. The molecule has 0 saturated carbocycles. The summed E-state index contributed by atoms with van der Waals surface area (Å²) >= 11 is 1.00. The highest BCUT2D eigenvalue weighted by Gasteiger charge is 2.29. The smallest absolute Gasteiger partial charge is 0.348 e. The minimum Gasteiger partial charge on any atom is -0.459 e. The Morgan fingerprint density at radius 3 is 2.21 bits per heavy atom. The fourth-order valence-electron chi connectivity index (χ4n) is 4.36. The van der Waals surface area contributed by atoms with Crippen molar-refractivity contribution >= 4 is 45.1 Å². The summed E-state index contributed by atoms with van der Waals surface area (Å²) < 4.78 is 10.8. The number of rotatable bonds is 7. The molecule has 4 aromatic rings. The predicted molar refractivity (Wildman–Crippen MR) is 155 cm³/mol. The molecule has 4 rings (SSSR count). The van der Waals surface area contributed by atoms with E-state index in [9.17, 15) is 14.4 Å². The number of pyridine rings is 1. The van der Waals surface area contributed by atoms with Crippen LogP contribution in [0.1, 0.15) is 74.8 Å². The molecule has 0 aliphatic rings. The molecule has 2 aromatic carbocycles. The number of carbonyl (C=O) groups excluding carboxylic acids is 3. The molecular formula is C31H32N2O5S. The molecule has 1 amide bonds. The van der Waals surface area contributed by atoms with Crippen LogP contribution >= 0.6 is 11.3 Å². The van der Waals surface area contributed by atoms with E-state index in [1.807, 2.05) is 50.2 Å². The van der Waals surface area contributed by atoms with Crippen LogP contribution in [0, 0.1) is 20.8 Å². The molecule has 0 atom stereocenters. The highest BCUT2D eigenvalue weighted by Crippen LogP contribution is 2.36. The number of aryl methyl sites for hydroxylation is 2. The monoisotopic (exact) mass is 544 g/mol. The van der Waals surface area contributed by atoms with Crippen LogP contribution in [0.25, 0.3) is 22.2 Å². The van der Waals surface area contributed by atoms with Gasteiger partial charge in [-0.1, -0.05) is 42.0 Å². The molecule has 0 bridgehead atoms. The maximum absolute atomic E-state index is 13.8. The van der Waals surface area contributed by atoms with Crippen LogP contribution in [0.5, 0.6) is 0 Å². The summed E-state index contributed by atoms with van der Waals surface area (Å²) in [5.41, 5.74) is 5.39. The number of ether oxygens (including phenoxy) is 2. The summed E-state index contributed by atoms with van der Waals surface area (Å²) in [5.74, 6) is -1.60. The second-order valence-corrected chi connectivity index (χ2v) is 11.0. The van der Waals surface area contributed by atoms with Gasteiger partial charge in [-0.3, -0.25) is 4.79 Å². The van der Waals surface area contributed by atoms with Crippen molar-refractivity contribution in [2.45, 2.75) is 60.7 Å². The van der Waals surface area contributed by atoms with E-state index < -0.39 is 17.8 Å². The molecule has 0 fully saturated rings. The third kappa shape index (κ3) is 6.01. The largest absolute Gasteiger partial charge is 0.459 e. The van der Waals surface area contributed by atoms with Crippen molar-refractivity contribution in [3.8, 4) is 11.3 Å². The number of nitrogens with zero attached hydrogens (tertiary/aromatic N) is 1. The van der Waals surface area contributed by atoms with E-state index in [2.05, 4.69) is 11.4 Å². The molecule has 1 N–H and O–H groups in total. The summed E-state index contributed by atoms with van der Waals surface area (Å²) in [6.07, 6.45) is -0.717. The van der Waals surface area contributed by atoms with Crippen molar-refractivity contribution in [1.29, 1.82) is 0 Å². The van der Waals surface area contributed by atoms with E-state index in [4.69, 9.17) is 14.5 Å². The summed E-state index contributed by atoms with van der Waals surface area (Å²) in [5, 5.41) is 3.79. The van der Waals surface area contributed by atoms with Crippen LogP contribution in [0.2, 0.25) is 0 Å². The molecular weight excluding hydrogens is 512 g/mol. The van der Waals surface area contributed by atoms with Gasteiger partial charge in [0.15, 0.2) is 0 Å². The number of para-hydroxylation sites is 1. The van der Waals surface area contributed by atoms with Crippen LogP contribution < -0.4 is 5.32 Å². The van der Waals surface area contributed by atoms with Crippen molar-refractivity contribution in [2.24, 2.45) is 0 Å². The van der Waals surface area contributed by atoms with Gasteiger partial charge in [-0.05, 0) is 71.7 Å². The summed E-state index contributed by atoms with van der Waals surface area (Å²) in [7, 11) is 0. The molecule has 0 spiro atoms. The Bertz CT molecular complexity index is 1590. The third-order valence-corrected chi connectivity index (χ3v) is 7.25. The number of hydrogen-bond donors (Lipinski definition) is 1. The van der Waals surface area contributed by atoms with Gasteiger partial charge in [-0.25, -0.2) is 14.6 Å². The Morgan fingerprint density at radius 1 is 0.872 bits per heavy atom. The van der Waals surface area contributed by atoms with Crippen molar-refractivity contribution in [1.82, 2.24) is 4.98 Å². The molecule has 0 unspecified atom stereocenters. The molecule has 2 aromatic heterocycles. The lowest BCUT2D eigenvalue weighted by atomic mass is 9.99. The molecule has 8 heteroatoms. The fraction of sp³-hybridized carbons (Fsp3) is 0.290. The number of benzene rings is 2. The number of amides is 1. The second kappa shape index (κ2) is 11.4.